The molecular formula is C65H96N2O8Si2. The topological polar surface area (TPSA) is 120 Å². The molecule has 4 aromatic rings. The van der Waals surface area contributed by atoms with Crippen LogP contribution in [0.15, 0.2) is 121 Å². The van der Waals surface area contributed by atoms with Crippen LogP contribution in [0.25, 0.3) is 0 Å². The fourth-order valence-electron chi connectivity index (χ4n) is 11.6. The third-order valence-electron chi connectivity index (χ3n) is 15.2. The van der Waals surface area contributed by atoms with Gasteiger partial charge in [-0.1, -0.05) is 203 Å². The van der Waals surface area contributed by atoms with Crippen LogP contribution in [0.3, 0.4) is 0 Å². The summed E-state index contributed by atoms with van der Waals surface area (Å²) in [5, 5.41) is 7.77. The minimum Gasteiger partial charge on any atom is -0.458 e. The van der Waals surface area contributed by atoms with Crippen LogP contribution >= 0.6 is 0 Å². The van der Waals surface area contributed by atoms with E-state index >= 15 is 0 Å². The number of ether oxygens (including phenoxy) is 2. The molecule has 77 heavy (non-hydrogen) atoms. The fraction of sp³-hybridized carbons (Fsp3) is 0.569. The Kier molecular flexibility index (Phi) is 21.6. The third kappa shape index (κ3) is 16.1. The van der Waals surface area contributed by atoms with Gasteiger partial charge in [-0.05, 0) is 123 Å². The molecule has 6 atom stereocenters. The number of carbonyl (C=O) groups excluding carboxylic acids is 4. The Morgan fingerprint density at radius 2 is 0.831 bits per heavy atom. The van der Waals surface area contributed by atoms with Crippen molar-refractivity contribution in [1.82, 2.24) is 10.2 Å². The van der Waals surface area contributed by atoms with E-state index in [0.717, 1.165) is 38.5 Å². The highest BCUT2D eigenvalue weighted by molar-refractivity contribution is 7.00. The van der Waals surface area contributed by atoms with E-state index in [-0.39, 0.29) is 69.7 Å². The maximum absolute atomic E-state index is 13.8. The number of nitrogens with one attached hydrogen (secondary N) is 1. The Bertz CT molecular complexity index is 2420. The van der Waals surface area contributed by atoms with Crippen molar-refractivity contribution in [3.63, 3.8) is 0 Å². The lowest BCUT2D eigenvalue weighted by molar-refractivity contribution is -0.167. The molecular weight excluding hydrogens is 993 g/mol. The lowest BCUT2D eigenvalue weighted by Crippen LogP contribution is -2.68. The van der Waals surface area contributed by atoms with Gasteiger partial charge in [-0.25, -0.2) is 9.59 Å². The van der Waals surface area contributed by atoms with Gasteiger partial charge in [0.15, 0.2) is 0 Å². The number of hydrogen-bond acceptors (Lipinski definition) is 8. The maximum Gasteiger partial charge on any atom is 0.329 e. The first-order valence-corrected chi connectivity index (χ1v) is 32.3. The molecule has 0 saturated heterocycles. The summed E-state index contributed by atoms with van der Waals surface area (Å²) in [5.41, 5.74) is -1.21. The number of likely N-dealkylation sites (N-methyl/N-ethyl adjacent to an activating group) is 1. The summed E-state index contributed by atoms with van der Waals surface area (Å²) in [5.74, 6) is -1.30. The molecule has 4 aromatic carbocycles. The number of rotatable bonds is 16. The summed E-state index contributed by atoms with van der Waals surface area (Å²) in [6.45, 7) is 32.6. The van der Waals surface area contributed by atoms with Crippen molar-refractivity contribution in [3.05, 3.63) is 121 Å². The van der Waals surface area contributed by atoms with Crippen LogP contribution in [-0.4, -0.2) is 87.8 Å². The summed E-state index contributed by atoms with van der Waals surface area (Å²) < 4.78 is 26.0. The molecule has 0 aliphatic heterocycles. The van der Waals surface area contributed by atoms with E-state index in [4.69, 9.17) is 18.3 Å². The van der Waals surface area contributed by atoms with E-state index in [2.05, 4.69) is 156 Å². The van der Waals surface area contributed by atoms with Crippen molar-refractivity contribution in [2.75, 3.05) is 7.05 Å². The second-order valence-corrected chi connectivity index (χ2v) is 35.0. The summed E-state index contributed by atoms with van der Waals surface area (Å²) >= 11 is 0. The minimum atomic E-state index is -2.71. The van der Waals surface area contributed by atoms with E-state index in [1.807, 2.05) is 81.4 Å². The highest BCUT2D eigenvalue weighted by atomic mass is 28.4. The van der Waals surface area contributed by atoms with Crippen molar-refractivity contribution in [2.45, 2.75) is 208 Å². The van der Waals surface area contributed by atoms with Crippen molar-refractivity contribution in [1.29, 1.82) is 0 Å². The van der Waals surface area contributed by atoms with Crippen molar-refractivity contribution < 1.29 is 37.5 Å². The van der Waals surface area contributed by atoms with Gasteiger partial charge in [0.05, 0.1) is 0 Å². The number of amides is 2. The zero-order valence-corrected chi connectivity index (χ0v) is 52.0. The summed E-state index contributed by atoms with van der Waals surface area (Å²) in [4.78, 5) is 54.8. The lowest BCUT2D eigenvalue weighted by Gasteiger charge is -2.46. The van der Waals surface area contributed by atoms with Gasteiger partial charge in [0.25, 0.3) is 16.6 Å². The van der Waals surface area contributed by atoms with Gasteiger partial charge in [-0.3, -0.25) is 9.59 Å². The molecule has 2 saturated carbocycles. The number of esters is 2. The molecule has 10 nitrogen and oxygen atoms in total. The number of hydrogen-bond donors (Lipinski definition) is 1. The Morgan fingerprint density at radius 1 is 0.494 bits per heavy atom. The lowest BCUT2D eigenvalue weighted by atomic mass is 9.85. The fourth-order valence-corrected chi connectivity index (χ4v) is 21.1. The van der Waals surface area contributed by atoms with Crippen molar-refractivity contribution >= 4 is 61.1 Å². The average Bonchev–Trinajstić information content (AvgIpc) is 3.37. The normalized spacial score (nSPS) is 19.5. The molecule has 0 aromatic heterocycles. The van der Waals surface area contributed by atoms with Crippen LogP contribution in [0.1, 0.15) is 162 Å². The molecule has 0 bridgehead atoms. The average molecular weight is 1090 g/mol. The second-order valence-electron chi connectivity index (χ2n) is 26.5. The van der Waals surface area contributed by atoms with E-state index in [1.165, 1.54) is 20.7 Å². The molecule has 422 valence electrons. The molecule has 12 heteroatoms. The molecule has 1 N–H and O–H groups in total. The molecule has 2 fully saturated rings. The van der Waals surface area contributed by atoms with Crippen molar-refractivity contribution in [2.24, 2.45) is 23.7 Å². The Labute approximate surface area is 466 Å². The quantitative estimate of drug-likeness (QED) is 0.0870. The minimum absolute atomic E-state index is 0.00954. The first kappa shape index (κ1) is 63.0. The van der Waals surface area contributed by atoms with Gasteiger partial charge in [0, 0.05) is 31.1 Å². The standard InChI is InChI=1S/C33H49NO4Si.C32H47NO4Si/c1-24(2)29(31(36)37-32(3,4)5)34(9)30(35)25-17-16-18-26(23-25)38-39(33(6,7)8,27-19-12-10-13-20-27)28-21-14-11-15-22-28;1-23(2)28(30(35)36-31(3,4)5)33-29(34)24-16-15-17-25(22-24)37-38(32(6,7)8,26-18-11-9-12-19-26)27-20-13-10-14-21-27/h10-15,19-22,24-26,29H,16-18,23H2,1-9H3;9-14,18-21,23-25,28H,15-17,22H2,1-8H3,(H,33,34)/t25?,26?,29-;24?,25?,28-/m00/s1. The Morgan fingerprint density at radius 3 is 1.16 bits per heavy atom. The number of carbonyl (C=O) groups is 4. The van der Waals surface area contributed by atoms with Gasteiger partial charge in [-0.2, -0.15) is 0 Å². The number of benzene rings is 4. The van der Waals surface area contributed by atoms with E-state index in [1.54, 1.807) is 11.9 Å². The highest BCUT2D eigenvalue weighted by Crippen LogP contribution is 2.42. The summed E-state index contributed by atoms with van der Waals surface area (Å²) in [7, 11) is -3.66. The molecule has 2 amide bonds. The maximum atomic E-state index is 13.8. The Hall–Kier alpha value is -4.89. The monoisotopic (exact) mass is 1090 g/mol. The molecule has 2 aliphatic rings. The van der Waals surface area contributed by atoms with Crippen LogP contribution in [0.4, 0.5) is 0 Å². The van der Waals surface area contributed by atoms with Gasteiger partial charge < -0.3 is 28.5 Å². The van der Waals surface area contributed by atoms with E-state index in [9.17, 15) is 19.2 Å². The largest absolute Gasteiger partial charge is 0.458 e. The number of nitrogens with zero attached hydrogens (tertiary/aromatic N) is 1. The van der Waals surface area contributed by atoms with Gasteiger partial charge >= 0.3 is 11.9 Å². The Balaban J connectivity index is 0.000000284. The molecule has 6 rings (SSSR count). The third-order valence-corrected chi connectivity index (χ3v) is 25.3. The van der Waals surface area contributed by atoms with Crippen LogP contribution in [0, 0.1) is 23.7 Å². The predicted octanol–water partition coefficient (Wildman–Crippen LogP) is 11.6. The summed E-state index contributed by atoms with van der Waals surface area (Å²) in [6.07, 6.45) is 6.53. The van der Waals surface area contributed by atoms with Crippen LogP contribution in [-0.2, 0) is 37.5 Å². The first-order chi connectivity index (χ1) is 35.9. The first-order valence-electron chi connectivity index (χ1n) is 28.5. The molecule has 0 radical (unpaired) electrons. The molecule has 4 unspecified atom stereocenters. The van der Waals surface area contributed by atoms with E-state index < -0.39 is 39.9 Å². The van der Waals surface area contributed by atoms with Gasteiger partial charge in [-0.15, -0.1) is 0 Å². The van der Waals surface area contributed by atoms with Crippen LogP contribution in [0.5, 0.6) is 0 Å². The van der Waals surface area contributed by atoms with Gasteiger partial charge in [0.2, 0.25) is 11.8 Å². The molecule has 0 spiro atoms. The highest BCUT2D eigenvalue weighted by Gasteiger charge is 2.54. The van der Waals surface area contributed by atoms with Crippen LogP contribution < -0.4 is 26.1 Å². The van der Waals surface area contributed by atoms with Crippen molar-refractivity contribution in [3.8, 4) is 0 Å². The zero-order valence-electron chi connectivity index (χ0n) is 50.0. The SMILES string of the molecule is CC(C)[C@@H](C(=O)OC(C)(C)C)N(C)C(=O)C1CCCC(O[Si](c2ccccc2)(c2ccccc2)C(C)(C)C)C1.CC(C)[C@H](NC(=O)C1CCCC(O[Si](c2ccccc2)(c2ccccc2)C(C)(C)C)C1)C(=O)OC(C)(C)C. The summed E-state index contributed by atoms with van der Waals surface area (Å²) in [6, 6.07) is 41.3. The van der Waals surface area contributed by atoms with Gasteiger partial charge in [0.1, 0.15) is 23.3 Å². The smallest absolute Gasteiger partial charge is 0.329 e. The zero-order chi connectivity index (χ0) is 57.1. The second kappa shape index (κ2) is 26.4. The predicted molar refractivity (Wildman–Crippen MR) is 319 cm³/mol. The molecule has 0 heterocycles. The molecule has 2 aliphatic carbocycles. The van der Waals surface area contributed by atoms with E-state index in [0.29, 0.717) is 12.8 Å². The van der Waals surface area contributed by atoms with Crippen LogP contribution in [0.2, 0.25) is 10.1 Å².